The van der Waals surface area contributed by atoms with Gasteiger partial charge in [-0.05, 0) is 85.0 Å². The minimum Gasteiger partial charge on any atom is -0.462 e. The standard InChI is InChI=1S/C29H46O3/c1-18(2)8-7-9-19(3)23-10-11-24-27-25(13-15-29(23,24)6)28(5)14-12-22(32-20(4)30)16-21(28)17-26(27)31/h17-19,22-25,27H,7-16H2,1-6H3/t19-,22-,23-,24+,25+,27+,28-,29-/m0/s1. The number of carbonyl (C=O) groups excluding carboxylic acids is 2. The Kier molecular flexibility index (Phi) is 6.69. The van der Waals surface area contributed by atoms with E-state index in [1.165, 1.54) is 57.4 Å². The molecule has 180 valence electrons. The van der Waals surface area contributed by atoms with Crippen molar-refractivity contribution in [2.45, 2.75) is 112 Å². The number of fused-ring (bicyclic) bond motifs is 5. The first-order chi connectivity index (χ1) is 15.1. The summed E-state index contributed by atoms with van der Waals surface area (Å²) >= 11 is 0. The molecule has 0 unspecified atom stereocenters. The lowest BCUT2D eigenvalue weighted by Crippen LogP contribution is -2.53. The Hall–Kier alpha value is -1.12. The smallest absolute Gasteiger partial charge is 0.302 e. The van der Waals surface area contributed by atoms with Crippen molar-refractivity contribution >= 4 is 11.8 Å². The maximum atomic E-state index is 13.6. The molecule has 0 saturated heterocycles. The highest BCUT2D eigenvalue weighted by atomic mass is 16.5. The average Bonchev–Trinajstić information content (AvgIpc) is 3.05. The molecule has 3 fully saturated rings. The number of carbonyl (C=O) groups is 2. The maximum Gasteiger partial charge on any atom is 0.302 e. The molecule has 0 N–H and O–H groups in total. The quantitative estimate of drug-likeness (QED) is 0.411. The molecular formula is C29H46O3. The summed E-state index contributed by atoms with van der Waals surface area (Å²) in [7, 11) is 0. The van der Waals surface area contributed by atoms with Crippen LogP contribution in [-0.4, -0.2) is 17.9 Å². The van der Waals surface area contributed by atoms with Crippen LogP contribution < -0.4 is 0 Å². The average molecular weight is 443 g/mol. The summed E-state index contributed by atoms with van der Waals surface area (Å²) in [6, 6.07) is 0. The Morgan fingerprint density at radius 2 is 1.81 bits per heavy atom. The highest BCUT2D eigenvalue weighted by Crippen LogP contribution is 2.66. The minimum atomic E-state index is -0.202. The number of allylic oxidation sites excluding steroid dienone is 1. The van der Waals surface area contributed by atoms with E-state index in [9.17, 15) is 9.59 Å². The molecule has 3 heteroatoms. The Morgan fingerprint density at radius 3 is 2.50 bits per heavy atom. The molecule has 0 bridgehead atoms. The molecule has 0 aromatic carbocycles. The number of hydrogen-bond acceptors (Lipinski definition) is 3. The lowest BCUT2D eigenvalue weighted by Gasteiger charge is -2.57. The first-order valence-corrected chi connectivity index (χ1v) is 13.5. The van der Waals surface area contributed by atoms with Gasteiger partial charge < -0.3 is 4.74 Å². The van der Waals surface area contributed by atoms with Gasteiger partial charge in [-0.2, -0.15) is 0 Å². The molecule has 8 atom stereocenters. The zero-order valence-corrected chi connectivity index (χ0v) is 21.4. The summed E-state index contributed by atoms with van der Waals surface area (Å²) in [5.74, 6) is 3.74. The minimum absolute atomic E-state index is 0.0485. The van der Waals surface area contributed by atoms with Gasteiger partial charge in [0.05, 0.1) is 0 Å². The molecule has 0 amide bonds. The molecule has 4 aliphatic rings. The third-order valence-electron chi connectivity index (χ3n) is 10.4. The van der Waals surface area contributed by atoms with E-state index in [4.69, 9.17) is 4.74 Å². The van der Waals surface area contributed by atoms with Gasteiger partial charge in [-0.1, -0.05) is 59.5 Å². The summed E-state index contributed by atoms with van der Waals surface area (Å²) in [6.45, 7) is 13.6. The zero-order chi connectivity index (χ0) is 23.3. The van der Waals surface area contributed by atoms with Crippen LogP contribution in [0.3, 0.4) is 0 Å². The first kappa shape index (κ1) is 24.0. The maximum absolute atomic E-state index is 13.6. The fraction of sp³-hybridized carbons (Fsp3) is 0.862. The van der Waals surface area contributed by atoms with Crippen LogP contribution in [0.15, 0.2) is 11.6 Å². The molecule has 0 heterocycles. The van der Waals surface area contributed by atoms with Crippen molar-refractivity contribution in [3.63, 3.8) is 0 Å². The van der Waals surface area contributed by atoms with E-state index in [1.54, 1.807) is 0 Å². The number of esters is 1. The van der Waals surface area contributed by atoms with E-state index in [0.29, 0.717) is 23.0 Å². The van der Waals surface area contributed by atoms with Crippen LogP contribution in [0.4, 0.5) is 0 Å². The number of hydrogen-bond donors (Lipinski definition) is 0. The van der Waals surface area contributed by atoms with Crippen molar-refractivity contribution in [3.05, 3.63) is 11.6 Å². The molecule has 0 radical (unpaired) electrons. The van der Waals surface area contributed by atoms with Gasteiger partial charge in [0.2, 0.25) is 0 Å². The van der Waals surface area contributed by atoms with Gasteiger partial charge in [0, 0.05) is 19.3 Å². The van der Waals surface area contributed by atoms with Gasteiger partial charge in [0.15, 0.2) is 5.78 Å². The van der Waals surface area contributed by atoms with E-state index in [2.05, 4.69) is 34.6 Å². The Labute approximate surface area is 196 Å². The van der Waals surface area contributed by atoms with Crippen LogP contribution in [0, 0.1) is 46.3 Å². The van der Waals surface area contributed by atoms with Crippen LogP contribution in [0.2, 0.25) is 0 Å². The van der Waals surface area contributed by atoms with Gasteiger partial charge in [0.1, 0.15) is 6.10 Å². The molecular weight excluding hydrogens is 396 g/mol. The van der Waals surface area contributed by atoms with Crippen molar-refractivity contribution in [2.24, 2.45) is 46.3 Å². The lowest BCUT2D eigenvalue weighted by atomic mass is 9.46. The molecule has 4 aliphatic carbocycles. The molecule has 3 nitrogen and oxygen atoms in total. The second kappa shape index (κ2) is 8.91. The largest absolute Gasteiger partial charge is 0.462 e. The van der Waals surface area contributed by atoms with Crippen molar-refractivity contribution in [1.82, 2.24) is 0 Å². The van der Waals surface area contributed by atoms with E-state index in [-0.39, 0.29) is 23.4 Å². The summed E-state index contributed by atoms with van der Waals surface area (Å²) in [5.41, 5.74) is 1.70. The molecule has 0 spiro atoms. The van der Waals surface area contributed by atoms with Crippen molar-refractivity contribution in [3.8, 4) is 0 Å². The second-order valence-corrected chi connectivity index (χ2v) is 12.7. The molecule has 32 heavy (non-hydrogen) atoms. The number of rotatable bonds is 6. The number of ketones is 1. The van der Waals surface area contributed by atoms with E-state index in [1.807, 2.05) is 6.08 Å². The topological polar surface area (TPSA) is 43.4 Å². The lowest BCUT2D eigenvalue weighted by molar-refractivity contribution is -0.149. The zero-order valence-electron chi connectivity index (χ0n) is 21.4. The van der Waals surface area contributed by atoms with Gasteiger partial charge in [-0.25, -0.2) is 0 Å². The van der Waals surface area contributed by atoms with Crippen LogP contribution in [0.5, 0.6) is 0 Å². The van der Waals surface area contributed by atoms with Crippen LogP contribution in [0.1, 0.15) is 106 Å². The summed E-state index contributed by atoms with van der Waals surface area (Å²) in [5, 5.41) is 0. The molecule has 0 aliphatic heterocycles. The molecule has 0 aromatic heterocycles. The fourth-order valence-electron chi connectivity index (χ4n) is 8.73. The van der Waals surface area contributed by atoms with Crippen molar-refractivity contribution < 1.29 is 14.3 Å². The van der Waals surface area contributed by atoms with E-state index in [0.717, 1.165) is 37.0 Å². The summed E-state index contributed by atoms with van der Waals surface area (Å²) in [6.07, 6.45) is 13.7. The number of ether oxygens (including phenoxy) is 1. The predicted octanol–water partition coefficient (Wildman–Crippen LogP) is 7.14. The first-order valence-electron chi connectivity index (χ1n) is 13.5. The second-order valence-electron chi connectivity index (χ2n) is 12.7. The van der Waals surface area contributed by atoms with Gasteiger partial charge in [-0.3, -0.25) is 9.59 Å². The monoisotopic (exact) mass is 442 g/mol. The third-order valence-corrected chi connectivity index (χ3v) is 10.4. The fourth-order valence-corrected chi connectivity index (χ4v) is 8.73. The Morgan fingerprint density at radius 1 is 1.06 bits per heavy atom. The molecule has 3 saturated carbocycles. The normalized spacial score (nSPS) is 42.0. The highest BCUT2D eigenvalue weighted by molar-refractivity contribution is 5.94. The van der Waals surface area contributed by atoms with E-state index >= 15 is 0 Å². The van der Waals surface area contributed by atoms with Crippen LogP contribution in [-0.2, 0) is 14.3 Å². The van der Waals surface area contributed by atoms with Crippen molar-refractivity contribution in [1.29, 1.82) is 0 Å². The highest BCUT2D eigenvalue weighted by Gasteiger charge is 2.61. The Bertz CT molecular complexity index is 766. The van der Waals surface area contributed by atoms with E-state index < -0.39 is 0 Å². The Balaban J connectivity index is 1.52. The SMILES string of the molecule is CC(=O)O[C@H]1CC[C@@]2(C)C(=CC(=O)[C@@H]3[C@H]4CC[C@@H]([C@@H](C)CCCC(C)C)[C@]4(C)CC[C@H]32)C1. The summed E-state index contributed by atoms with van der Waals surface area (Å²) in [4.78, 5) is 25.1. The predicted molar refractivity (Wildman–Crippen MR) is 129 cm³/mol. The van der Waals surface area contributed by atoms with Gasteiger partial charge in [-0.15, -0.1) is 0 Å². The third kappa shape index (κ3) is 4.11. The van der Waals surface area contributed by atoms with Gasteiger partial charge in [0.25, 0.3) is 0 Å². The molecule has 0 aromatic rings. The van der Waals surface area contributed by atoms with Gasteiger partial charge >= 0.3 is 5.97 Å². The van der Waals surface area contributed by atoms with Crippen LogP contribution >= 0.6 is 0 Å². The van der Waals surface area contributed by atoms with Crippen LogP contribution in [0.25, 0.3) is 0 Å². The van der Waals surface area contributed by atoms with Crippen molar-refractivity contribution in [2.75, 3.05) is 0 Å². The summed E-state index contributed by atoms with van der Waals surface area (Å²) < 4.78 is 5.54. The molecule has 4 rings (SSSR count).